The van der Waals surface area contributed by atoms with Crippen molar-refractivity contribution in [2.24, 2.45) is 0 Å². The minimum atomic E-state index is 0. The Bertz CT molecular complexity index is 6.85. The van der Waals surface area contributed by atoms with E-state index >= 15 is 0 Å². The molecule has 3 nitrogen and oxygen atoms in total. The zero-order chi connectivity index (χ0) is 0. The normalized spacial score (nSPS) is 0. The van der Waals surface area contributed by atoms with Crippen molar-refractivity contribution in [2.45, 2.75) is 0 Å². The van der Waals surface area contributed by atoms with Crippen LogP contribution < -0.4 is 12.4 Å². The van der Waals surface area contributed by atoms with Gasteiger partial charge in [0, 0.05) is 17.1 Å². The van der Waals surface area contributed by atoms with Gasteiger partial charge in [0.2, 0.25) is 0 Å². The largest absolute Gasteiger partial charge is 2.00 e. The fraction of sp³-hybridized carbons (Fsp3) is 0. The van der Waals surface area contributed by atoms with Gasteiger partial charge in [-0.1, -0.05) is 0 Å². The summed E-state index contributed by atoms with van der Waals surface area (Å²) in [4.78, 5) is 0. The van der Waals surface area contributed by atoms with Crippen LogP contribution in [0.1, 0.15) is 0 Å². The van der Waals surface area contributed by atoms with Gasteiger partial charge in [0.05, 0.1) is 0 Å². The molecule has 39 valence electrons. The van der Waals surface area contributed by atoms with E-state index in [2.05, 4.69) is 0 Å². The Labute approximate surface area is 46.6 Å². The second-order valence-corrected chi connectivity index (χ2v) is 0. The molecule has 1 radical (unpaired) electrons. The molecule has 0 fully saturated rings. The van der Waals surface area contributed by atoms with Gasteiger partial charge in [-0.25, -0.2) is 0 Å². The van der Waals surface area contributed by atoms with Gasteiger partial charge in [-0.05, 0) is 0 Å². The third kappa shape index (κ3) is 71.4. The summed E-state index contributed by atoms with van der Waals surface area (Å²) < 4.78 is 0. The number of halogens is 1. The van der Waals surface area contributed by atoms with E-state index in [0.717, 1.165) is 0 Å². The molecule has 0 amide bonds. The zero-order valence-electron chi connectivity index (χ0n) is 1.98. The summed E-state index contributed by atoms with van der Waals surface area (Å²) >= 11 is 0. The van der Waals surface area contributed by atoms with E-state index in [-0.39, 0.29) is 45.9 Å². The van der Waals surface area contributed by atoms with Crippen LogP contribution in [0.2, 0.25) is 0 Å². The van der Waals surface area contributed by atoms with E-state index in [9.17, 15) is 0 Å². The third-order valence-corrected chi connectivity index (χ3v) is 0. The molecule has 0 spiro atoms. The van der Waals surface area contributed by atoms with Gasteiger partial charge >= 0.3 is 0 Å². The molecule has 0 saturated heterocycles. The number of rotatable bonds is 0. The van der Waals surface area contributed by atoms with Gasteiger partial charge in [0.25, 0.3) is 0 Å². The molecule has 0 N–H and O–H groups in total. The Morgan fingerprint density at radius 2 is 0.600 bits per heavy atom. The summed E-state index contributed by atoms with van der Waals surface area (Å²) in [5, 5.41) is 0. The van der Waals surface area contributed by atoms with Crippen molar-refractivity contribution in [1.82, 2.24) is 0 Å². The van der Waals surface area contributed by atoms with Crippen LogP contribution in [0.25, 0.3) is 0 Å². The molecular formula is ClMnO3-7. The molecular weight excluding hydrogens is 138 g/mol. The molecule has 0 rings (SSSR count). The Hall–Kier alpha value is 0.689. The standard InChI is InChI=1S/ClH.Mn.3O/h1H;;;;/q;;3*-2/p-1. The first-order chi connectivity index (χ1) is 0. The maximum atomic E-state index is 0. The average molecular weight is 138 g/mol. The van der Waals surface area contributed by atoms with Crippen molar-refractivity contribution in [3.05, 3.63) is 0 Å². The molecule has 0 aliphatic carbocycles. The summed E-state index contributed by atoms with van der Waals surface area (Å²) in [7, 11) is 0. The first-order valence-corrected chi connectivity index (χ1v) is 0. The van der Waals surface area contributed by atoms with Gasteiger partial charge in [-0.15, -0.1) is 0 Å². The van der Waals surface area contributed by atoms with E-state index in [1.54, 1.807) is 0 Å². The van der Waals surface area contributed by atoms with Crippen LogP contribution in [0.3, 0.4) is 0 Å². The summed E-state index contributed by atoms with van der Waals surface area (Å²) in [6.45, 7) is 0. The molecule has 5 heteroatoms. The second kappa shape index (κ2) is 134. The second-order valence-electron chi connectivity index (χ2n) is 0. The van der Waals surface area contributed by atoms with Crippen molar-refractivity contribution in [3.8, 4) is 0 Å². The molecule has 0 atom stereocenters. The minimum absolute atomic E-state index is 0. The zero-order valence-corrected chi connectivity index (χ0v) is 3.92. The monoisotopic (exact) mass is 138 g/mol. The molecule has 0 aromatic rings. The van der Waals surface area contributed by atoms with E-state index in [4.69, 9.17) is 0 Å². The smallest absolute Gasteiger partial charge is 0 e. The maximum Gasteiger partial charge on any atom is 0 e. The fourth-order valence-electron chi connectivity index (χ4n) is 0. The Kier molecular flexibility index (Phi) is 7070. The van der Waals surface area contributed by atoms with Crippen molar-refractivity contribution in [3.63, 3.8) is 0 Å². The van der Waals surface area contributed by atoms with E-state index in [0.29, 0.717) is 0 Å². The average Bonchev–Trinajstić information content (AvgIpc) is 0. The summed E-state index contributed by atoms with van der Waals surface area (Å²) in [5.74, 6) is 0. The molecule has 0 bridgehead atoms. The fourth-order valence-corrected chi connectivity index (χ4v) is 0. The predicted octanol–water partition coefficient (Wildman–Crippen LogP) is -3.35. The van der Waals surface area contributed by atoms with Gasteiger partial charge in [0.1, 0.15) is 0 Å². The third-order valence-electron chi connectivity index (χ3n) is 0. The first-order valence-electron chi connectivity index (χ1n) is 0. The van der Waals surface area contributed by atoms with Crippen LogP contribution in [0.4, 0.5) is 0 Å². The topological polar surface area (TPSA) is 85.5 Å². The molecule has 0 aromatic carbocycles. The van der Waals surface area contributed by atoms with Crippen molar-refractivity contribution >= 4 is 0 Å². The van der Waals surface area contributed by atoms with Crippen molar-refractivity contribution in [2.75, 3.05) is 0 Å². The van der Waals surface area contributed by atoms with Crippen LogP contribution >= 0.6 is 0 Å². The molecule has 0 aliphatic rings. The van der Waals surface area contributed by atoms with Crippen molar-refractivity contribution < 1.29 is 45.9 Å². The van der Waals surface area contributed by atoms with Gasteiger partial charge in [0.15, 0.2) is 0 Å². The first kappa shape index (κ1) is 263. The van der Waals surface area contributed by atoms with Crippen LogP contribution in [0, 0.1) is 0 Å². The van der Waals surface area contributed by atoms with Crippen LogP contribution in [-0.4, -0.2) is 0 Å². The van der Waals surface area contributed by atoms with Crippen molar-refractivity contribution in [1.29, 1.82) is 0 Å². The predicted molar refractivity (Wildman–Crippen MR) is 2.06 cm³/mol. The molecule has 0 aliphatic heterocycles. The molecule has 0 saturated carbocycles. The van der Waals surface area contributed by atoms with Crippen LogP contribution in [-0.2, 0) is 33.5 Å². The van der Waals surface area contributed by atoms with E-state index in [1.807, 2.05) is 0 Å². The quantitative estimate of drug-likeness (QED) is 0.313. The molecule has 5 heavy (non-hydrogen) atoms. The molecule has 0 heterocycles. The number of hydrogen-bond acceptors (Lipinski definition) is 0. The van der Waals surface area contributed by atoms with Gasteiger partial charge in [-0.3, -0.25) is 0 Å². The van der Waals surface area contributed by atoms with Gasteiger partial charge in [-0.2, -0.15) is 0 Å². The SMILES string of the molecule is [Cl-].[Mn].[O-2].[O-2].[O-2]. The number of hydrogen-bond donors (Lipinski definition) is 0. The minimum Gasteiger partial charge on any atom is -2.00 e. The Balaban J connectivity index is 0. The Morgan fingerprint density at radius 1 is 0.600 bits per heavy atom. The van der Waals surface area contributed by atoms with E-state index in [1.165, 1.54) is 0 Å². The molecule has 0 unspecified atom stereocenters. The Morgan fingerprint density at radius 3 is 0.600 bits per heavy atom. The van der Waals surface area contributed by atoms with Crippen LogP contribution in [0.5, 0.6) is 0 Å². The van der Waals surface area contributed by atoms with Crippen LogP contribution in [0.15, 0.2) is 0 Å². The molecule has 0 aromatic heterocycles. The maximum absolute atomic E-state index is 0. The summed E-state index contributed by atoms with van der Waals surface area (Å²) in [6, 6.07) is 0. The van der Waals surface area contributed by atoms with E-state index < -0.39 is 0 Å². The summed E-state index contributed by atoms with van der Waals surface area (Å²) in [6.07, 6.45) is 0. The van der Waals surface area contributed by atoms with Gasteiger partial charge < -0.3 is 28.8 Å². The summed E-state index contributed by atoms with van der Waals surface area (Å²) in [5.41, 5.74) is 0.